The molecule has 15 heavy (non-hydrogen) atoms. The summed E-state index contributed by atoms with van der Waals surface area (Å²) in [5.74, 6) is -1.37. The zero-order valence-electron chi connectivity index (χ0n) is 8.76. The van der Waals surface area contributed by atoms with Crippen LogP contribution >= 0.6 is 0 Å². The van der Waals surface area contributed by atoms with Crippen LogP contribution in [0.3, 0.4) is 0 Å². The van der Waals surface area contributed by atoms with Crippen molar-refractivity contribution < 1.29 is 48.9 Å². The summed E-state index contributed by atoms with van der Waals surface area (Å²) in [7, 11) is 2.89. The Kier molecular flexibility index (Phi) is 6.62. The van der Waals surface area contributed by atoms with Gasteiger partial charge in [0.15, 0.2) is 0 Å². The van der Waals surface area contributed by atoms with E-state index >= 15 is 0 Å². The van der Waals surface area contributed by atoms with Crippen LogP contribution in [0.1, 0.15) is 22.5 Å². The maximum Gasteiger partial charge on any atom is 1.00 e. The molecule has 0 aromatic carbocycles. The van der Waals surface area contributed by atoms with Crippen LogP contribution in [-0.2, 0) is 9.47 Å². The van der Waals surface area contributed by atoms with Gasteiger partial charge in [-0.15, -0.1) is 0 Å². The van der Waals surface area contributed by atoms with Crippen LogP contribution in [0.4, 0.5) is 0 Å². The summed E-state index contributed by atoms with van der Waals surface area (Å²) in [5, 5.41) is 10.3. The SMILES string of the molecule is COC(OC)c1cnc(C(=O)[O-])cn1.[Na+]. The van der Waals surface area contributed by atoms with Crippen molar-refractivity contribution in [2.75, 3.05) is 14.2 Å². The maximum atomic E-state index is 10.3. The Labute approximate surface area is 109 Å². The number of carboxylic acids is 1. The van der Waals surface area contributed by atoms with Crippen LogP contribution in [0.2, 0.25) is 0 Å². The van der Waals surface area contributed by atoms with Crippen molar-refractivity contribution in [3.8, 4) is 0 Å². The molecule has 76 valence electrons. The van der Waals surface area contributed by atoms with E-state index < -0.39 is 12.3 Å². The zero-order chi connectivity index (χ0) is 10.6. The zero-order valence-corrected chi connectivity index (χ0v) is 10.8. The van der Waals surface area contributed by atoms with Crippen molar-refractivity contribution in [2.45, 2.75) is 6.29 Å². The largest absolute Gasteiger partial charge is 1.00 e. The number of hydrogen-bond acceptors (Lipinski definition) is 6. The van der Waals surface area contributed by atoms with Crippen molar-refractivity contribution in [3.63, 3.8) is 0 Å². The molecule has 1 rings (SSSR count). The first-order valence-corrected chi connectivity index (χ1v) is 3.78. The number of nitrogens with zero attached hydrogens (tertiary/aromatic N) is 2. The molecule has 0 aliphatic carbocycles. The summed E-state index contributed by atoms with van der Waals surface area (Å²) >= 11 is 0. The van der Waals surface area contributed by atoms with E-state index in [9.17, 15) is 9.90 Å². The quantitative estimate of drug-likeness (QED) is 0.381. The molecule has 0 aliphatic heterocycles. The van der Waals surface area contributed by atoms with Crippen LogP contribution in [-0.4, -0.2) is 30.2 Å². The minimum absolute atomic E-state index is 0. The van der Waals surface area contributed by atoms with E-state index in [-0.39, 0.29) is 35.3 Å². The van der Waals surface area contributed by atoms with E-state index in [1.54, 1.807) is 0 Å². The summed E-state index contributed by atoms with van der Waals surface area (Å²) in [6.45, 7) is 0. The number of carbonyl (C=O) groups is 1. The molecule has 0 N–H and O–H groups in total. The van der Waals surface area contributed by atoms with Gasteiger partial charge in [0.2, 0.25) is 6.29 Å². The number of aromatic nitrogens is 2. The van der Waals surface area contributed by atoms with Gasteiger partial charge in [-0.3, -0.25) is 9.97 Å². The predicted molar refractivity (Wildman–Crippen MR) is 43.1 cm³/mol. The fraction of sp³-hybridized carbons (Fsp3) is 0.375. The van der Waals surface area contributed by atoms with Gasteiger partial charge in [0, 0.05) is 14.2 Å². The number of rotatable bonds is 4. The molecular weight excluding hydrogens is 211 g/mol. The summed E-state index contributed by atoms with van der Waals surface area (Å²) in [4.78, 5) is 17.8. The van der Waals surface area contributed by atoms with Crippen LogP contribution in [0.15, 0.2) is 12.4 Å². The van der Waals surface area contributed by atoms with Gasteiger partial charge in [-0.1, -0.05) is 0 Å². The van der Waals surface area contributed by atoms with E-state index in [1.807, 2.05) is 0 Å². The smallest absolute Gasteiger partial charge is 0.543 e. The summed E-state index contributed by atoms with van der Waals surface area (Å²) in [5.41, 5.74) is 0.180. The molecule has 0 atom stereocenters. The van der Waals surface area contributed by atoms with Gasteiger partial charge < -0.3 is 19.4 Å². The Hall–Kier alpha value is -0.530. The molecule has 0 amide bonds. The Morgan fingerprint density at radius 3 is 2.27 bits per heavy atom. The van der Waals surface area contributed by atoms with Crippen molar-refractivity contribution in [2.24, 2.45) is 0 Å². The molecule has 1 aromatic rings. The second-order valence-corrected chi connectivity index (χ2v) is 2.42. The fourth-order valence-corrected chi connectivity index (χ4v) is 0.903. The number of ether oxygens (including phenoxy) is 2. The predicted octanol–water partition coefficient (Wildman–Crippen LogP) is -3.86. The number of hydrogen-bond donors (Lipinski definition) is 0. The second kappa shape index (κ2) is 6.86. The van der Waals surface area contributed by atoms with E-state index in [0.29, 0.717) is 5.69 Å². The molecule has 0 spiro atoms. The van der Waals surface area contributed by atoms with Gasteiger partial charge in [0.1, 0.15) is 11.4 Å². The third-order valence-electron chi connectivity index (χ3n) is 1.55. The monoisotopic (exact) mass is 220 g/mol. The maximum absolute atomic E-state index is 10.3. The van der Waals surface area contributed by atoms with Gasteiger partial charge in [-0.25, -0.2) is 0 Å². The normalized spacial score (nSPS) is 9.80. The molecule has 0 aliphatic rings. The number of carboxylic acid groups (broad SMARTS) is 1. The summed E-state index contributed by atoms with van der Waals surface area (Å²) < 4.78 is 9.80. The fourth-order valence-electron chi connectivity index (χ4n) is 0.903. The Morgan fingerprint density at radius 1 is 1.33 bits per heavy atom. The molecule has 0 bridgehead atoms. The van der Waals surface area contributed by atoms with Crippen molar-refractivity contribution >= 4 is 5.97 Å². The van der Waals surface area contributed by atoms with Gasteiger partial charge >= 0.3 is 29.6 Å². The molecule has 0 saturated carbocycles. The van der Waals surface area contributed by atoms with Crippen molar-refractivity contribution in [1.82, 2.24) is 9.97 Å². The van der Waals surface area contributed by atoms with Gasteiger partial charge in [0.05, 0.1) is 18.4 Å². The summed E-state index contributed by atoms with van der Waals surface area (Å²) in [6, 6.07) is 0. The minimum Gasteiger partial charge on any atom is -0.543 e. The molecule has 0 fully saturated rings. The molecule has 0 unspecified atom stereocenters. The molecule has 0 radical (unpaired) electrons. The third kappa shape index (κ3) is 3.84. The molecule has 1 heterocycles. The minimum atomic E-state index is -1.37. The van der Waals surface area contributed by atoms with E-state index in [1.165, 1.54) is 20.4 Å². The molecular formula is C8H9N2NaO4. The topological polar surface area (TPSA) is 84.4 Å². The Bertz CT molecular complexity index is 313. The third-order valence-corrected chi connectivity index (χ3v) is 1.55. The first-order chi connectivity index (χ1) is 6.69. The van der Waals surface area contributed by atoms with Crippen LogP contribution in [0.5, 0.6) is 0 Å². The molecule has 6 nitrogen and oxygen atoms in total. The van der Waals surface area contributed by atoms with E-state index in [4.69, 9.17) is 9.47 Å². The Morgan fingerprint density at radius 2 is 1.93 bits per heavy atom. The second-order valence-electron chi connectivity index (χ2n) is 2.42. The van der Waals surface area contributed by atoms with E-state index in [0.717, 1.165) is 6.20 Å². The standard InChI is InChI=1S/C8H10N2O4.Na/c1-13-8(14-2)6-4-9-5(3-10-6)7(11)12;/h3-4,8H,1-2H3,(H,11,12);/q;+1/p-1. The van der Waals surface area contributed by atoms with Crippen molar-refractivity contribution in [3.05, 3.63) is 23.8 Å². The van der Waals surface area contributed by atoms with Gasteiger partial charge in [0.25, 0.3) is 0 Å². The molecule has 0 saturated heterocycles. The van der Waals surface area contributed by atoms with Crippen LogP contribution in [0.25, 0.3) is 0 Å². The van der Waals surface area contributed by atoms with Crippen LogP contribution < -0.4 is 34.7 Å². The number of carbonyl (C=O) groups excluding carboxylic acids is 1. The van der Waals surface area contributed by atoms with Crippen molar-refractivity contribution in [1.29, 1.82) is 0 Å². The first-order valence-electron chi connectivity index (χ1n) is 3.78. The first kappa shape index (κ1) is 14.5. The van der Waals surface area contributed by atoms with Crippen LogP contribution in [0, 0.1) is 0 Å². The van der Waals surface area contributed by atoms with E-state index in [2.05, 4.69) is 9.97 Å². The Balaban J connectivity index is 0.00000196. The van der Waals surface area contributed by atoms with Gasteiger partial charge in [-0.2, -0.15) is 0 Å². The number of methoxy groups -OCH3 is 2. The average molecular weight is 220 g/mol. The molecule has 1 aromatic heterocycles. The average Bonchev–Trinajstić information content (AvgIpc) is 2.20. The number of aromatic carboxylic acids is 1. The van der Waals surface area contributed by atoms with Gasteiger partial charge in [-0.05, 0) is 0 Å². The summed E-state index contributed by atoms with van der Waals surface area (Å²) in [6.07, 6.45) is 1.72. The molecule has 7 heteroatoms.